The summed E-state index contributed by atoms with van der Waals surface area (Å²) in [6.45, 7) is 2.18. The average molecular weight is 338 g/mol. The summed E-state index contributed by atoms with van der Waals surface area (Å²) in [6.07, 6.45) is 12.1. The highest BCUT2D eigenvalue weighted by Crippen LogP contribution is 2.33. The first kappa shape index (κ1) is 16.6. The van der Waals surface area contributed by atoms with Gasteiger partial charge in [-0.2, -0.15) is 0 Å². The van der Waals surface area contributed by atoms with Crippen LogP contribution in [0.1, 0.15) is 30.9 Å². The van der Waals surface area contributed by atoms with Crippen molar-refractivity contribution >= 4 is 5.84 Å². The van der Waals surface area contributed by atoms with Crippen molar-refractivity contribution in [3.8, 4) is 0 Å². The van der Waals surface area contributed by atoms with E-state index in [-0.39, 0.29) is 12.1 Å². The zero-order chi connectivity index (χ0) is 16.9. The fraction of sp³-hybridized carbons (Fsp3) is 0.476. The van der Waals surface area contributed by atoms with Gasteiger partial charge in [-0.05, 0) is 24.8 Å². The van der Waals surface area contributed by atoms with Gasteiger partial charge in [-0.25, -0.2) is 0 Å². The van der Waals surface area contributed by atoms with Crippen LogP contribution >= 0.6 is 0 Å². The molecule has 2 heterocycles. The molecule has 1 N–H and O–H groups in total. The molecule has 1 aromatic carbocycles. The molecule has 4 nitrogen and oxygen atoms in total. The van der Waals surface area contributed by atoms with E-state index in [1.54, 1.807) is 0 Å². The minimum absolute atomic E-state index is 0.149. The molecule has 25 heavy (non-hydrogen) atoms. The molecule has 1 aliphatic carbocycles. The molecule has 1 aromatic rings. The van der Waals surface area contributed by atoms with Crippen LogP contribution in [0.3, 0.4) is 0 Å². The number of amidine groups is 1. The first-order valence-electron chi connectivity index (χ1n) is 9.31. The highest BCUT2D eigenvalue weighted by molar-refractivity contribution is 5.86. The highest BCUT2D eigenvalue weighted by Gasteiger charge is 2.34. The van der Waals surface area contributed by atoms with E-state index in [0.29, 0.717) is 18.6 Å². The van der Waals surface area contributed by atoms with Crippen LogP contribution in [0.5, 0.6) is 0 Å². The molecule has 132 valence electrons. The van der Waals surface area contributed by atoms with Crippen LogP contribution in [0.2, 0.25) is 0 Å². The SMILES string of the molecule is C1=CCC([C@@H]2NC(COC3CCOCC3)=N[C@@H]2c2ccccc2)C=C1. The maximum absolute atomic E-state index is 6.08. The topological polar surface area (TPSA) is 42.8 Å². The number of aliphatic imine (C=N–C) groups is 1. The van der Waals surface area contributed by atoms with Gasteiger partial charge < -0.3 is 14.8 Å². The van der Waals surface area contributed by atoms with Crippen molar-refractivity contribution < 1.29 is 9.47 Å². The largest absolute Gasteiger partial charge is 0.381 e. The van der Waals surface area contributed by atoms with E-state index in [0.717, 1.165) is 38.3 Å². The standard InChI is InChI=1S/C21H26N2O2/c1-3-7-16(8-4-1)20-21(17-9-5-2-6-10-17)23-19(22-20)15-25-18-11-13-24-14-12-18/h1-9,17-18,20-21H,10-15H2,(H,22,23)/t17?,20-,21+/m1/s1. The molecule has 0 amide bonds. The summed E-state index contributed by atoms with van der Waals surface area (Å²) in [5.74, 6) is 1.44. The van der Waals surface area contributed by atoms with Gasteiger partial charge in [0.1, 0.15) is 12.4 Å². The van der Waals surface area contributed by atoms with Gasteiger partial charge in [0.25, 0.3) is 0 Å². The minimum atomic E-state index is 0.149. The van der Waals surface area contributed by atoms with E-state index in [1.165, 1.54) is 5.56 Å². The lowest BCUT2D eigenvalue weighted by Crippen LogP contribution is -2.39. The second kappa shape index (κ2) is 7.98. The van der Waals surface area contributed by atoms with Crippen molar-refractivity contribution in [1.82, 2.24) is 5.32 Å². The van der Waals surface area contributed by atoms with E-state index in [4.69, 9.17) is 14.5 Å². The van der Waals surface area contributed by atoms with Crippen molar-refractivity contribution in [2.24, 2.45) is 10.9 Å². The van der Waals surface area contributed by atoms with Crippen LogP contribution in [0, 0.1) is 5.92 Å². The predicted molar refractivity (Wildman–Crippen MR) is 99.7 cm³/mol. The van der Waals surface area contributed by atoms with Crippen LogP contribution in [0.4, 0.5) is 0 Å². The molecule has 1 saturated heterocycles. The Hall–Kier alpha value is -1.91. The zero-order valence-corrected chi connectivity index (χ0v) is 14.5. The first-order valence-corrected chi connectivity index (χ1v) is 9.31. The number of benzene rings is 1. The van der Waals surface area contributed by atoms with E-state index in [9.17, 15) is 0 Å². The predicted octanol–water partition coefficient (Wildman–Crippen LogP) is 3.43. The Morgan fingerprint density at radius 1 is 1.12 bits per heavy atom. The molecule has 3 atom stereocenters. The lowest BCUT2D eigenvalue weighted by atomic mass is 9.86. The zero-order valence-electron chi connectivity index (χ0n) is 14.5. The maximum atomic E-state index is 6.08. The van der Waals surface area contributed by atoms with Gasteiger partial charge in [0.05, 0.1) is 18.2 Å². The first-order chi connectivity index (χ1) is 12.4. The molecule has 2 aliphatic heterocycles. The minimum Gasteiger partial charge on any atom is -0.381 e. The van der Waals surface area contributed by atoms with Gasteiger partial charge in [-0.15, -0.1) is 0 Å². The fourth-order valence-corrected chi connectivity index (χ4v) is 3.81. The summed E-state index contributed by atoms with van der Waals surface area (Å²) < 4.78 is 11.5. The molecule has 4 heteroatoms. The van der Waals surface area contributed by atoms with Crippen molar-refractivity contribution in [3.63, 3.8) is 0 Å². The smallest absolute Gasteiger partial charge is 0.124 e. The summed E-state index contributed by atoms with van der Waals surface area (Å²) in [5, 5.41) is 3.66. The number of ether oxygens (including phenoxy) is 2. The van der Waals surface area contributed by atoms with Crippen molar-refractivity contribution in [1.29, 1.82) is 0 Å². The Kier molecular flexibility index (Phi) is 5.28. The summed E-state index contributed by atoms with van der Waals surface area (Å²) in [7, 11) is 0. The number of rotatable bonds is 5. The van der Waals surface area contributed by atoms with Crippen molar-refractivity contribution in [2.45, 2.75) is 37.5 Å². The lowest BCUT2D eigenvalue weighted by Gasteiger charge is -2.27. The normalized spacial score (nSPS) is 29.4. The van der Waals surface area contributed by atoms with Crippen molar-refractivity contribution in [3.05, 3.63) is 60.2 Å². The summed E-state index contributed by atoms with van der Waals surface area (Å²) in [5.41, 5.74) is 1.27. The Morgan fingerprint density at radius 2 is 1.96 bits per heavy atom. The van der Waals surface area contributed by atoms with E-state index in [2.05, 4.69) is 60.0 Å². The molecule has 0 bridgehead atoms. The second-order valence-electron chi connectivity index (χ2n) is 6.94. The van der Waals surface area contributed by atoms with Crippen molar-refractivity contribution in [2.75, 3.05) is 19.8 Å². The quantitative estimate of drug-likeness (QED) is 0.894. The Morgan fingerprint density at radius 3 is 2.72 bits per heavy atom. The molecule has 3 aliphatic rings. The molecule has 1 unspecified atom stereocenters. The maximum Gasteiger partial charge on any atom is 0.124 e. The summed E-state index contributed by atoms with van der Waals surface area (Å²) >= 11 is 0. The molecule has 0 saturated carbocycles. The fourth-order valence-electron chi connectivity index (χ4n) is 3.81. The van der Waals surface area contributed by atoms with Crippen LogP contribution < -0.4 is 5.32 Å². The van der Waals surface area contributed by atoms with Crippen LogP contribution in [0.25, 0.3) is 0 Å². The molecule has 4 rings (SSSR count). The molecule has 0 aromatic heterocycles. The van der Waals surface area contributed by atoms with Gasteiger partial charge in [0.2, 0.25) is 0 Å². The van der Waals surface area contributed by atoms with E-state index < -0.39 is 0 Å². The lowest BCUT2D eigenvalue weighted by molar-refractivity contribution is -0.0194. The third-order valence-electron chi connectivity index (χ3n) is 5.21. The van der Waals surface area contributed by atoms with Crippen LogP contribution in [0.15, 0.2) is 59.6 Å². The Labute approximate surface area is 149 Å². The van der Waals surface area contributed by atoms with E-state index >= 15 is 0 Å². The van der Waals surface area contributed by atoms with Gasteiger partial charge >= 0.3 is 0 Å². The number of nitrogens with one attached hydrogen (secondary N) is 1. The van der Waals surface area contributed by atoms with E-state index in [1.807, 2.05) is 0 Å². The van der Waals surface area contributed by atoms with Crippen LogP contribution in [-0.4, -0.2) is 37.8 Å². The third kappa shape index (κ3) is 4.02. The van der Waals surface area contributed by atoms with Crippen LogP contribution in [-0.2, 0) is 9.47 Å². The number of hydrogen-bond donors (Lipinski definition) is 1. The second-order valence-corrected chi connectivity index (χ2v) is 6.94. The van der Waals surface area contributed by atoms with Gasteiger partial charge in [-0.3, -0.25) is 4.99 Å². The van der Waals surface area contributed by atoms with Gasteiger partial charge in [-0.1, -0.05) is 54.6 Å². The monoisotopic (exact) mass is 338 g/mol. The average Bonchev–Trinajstić information content (AvgIpc) is 3.13. The van der Waals surface area contributed by atoms with Gasteiger partial charge in [0, 0.05) is 19.1 Å². The van der Waals surface area contributed by atoms with Gasteiger partial charge in [0.15, 0.2) is 0 Å². The third-order valence-corrected chi connectivity index (χ3v) is 5.21. The Balaban J connectivity index is 1.46. The summed E-state index contributed by atoms with van der Waals surface area (Å²) in [4.78, 5) is 4.99. The highest BCUT2D eigenvalue weighted by atomic mass is 16.5. The number of hydrogen-bond acceptors (Lipinski definition) is 4. The number of allylic oxidation sites excluding steroid dienone is 3. The molecule has 1 fully saturated rings. The summed E-state index contributed by atoms with van der Waals surface area (Å²) in [6, 6.07) is 11.0. The molecular formula is C21H26N2O2. The number of nitrogens with zero attached hydrogens (tertiary/aromatic N) is 1. The molecule has 0 radical (unpaired) electrons. The molecular weight excluding hydrogens is 312 g/mol. The molecule has 0 spiro atoms. The Bertz CT molecular complexity index is 647.